The maximum Gasteiger partial charge on any atom is 0.0612 e. The quantitative estimate of drug-likeness (QED) is 0.290. The molecule has 0 bridgehead atoms. The van der Waals surface area contributed by atoms with E-state index in [1.165, 1.54) is 64.2 Å². The van der Waals surface area contributed by atoms with E-state index >= 15 is 0 Å². The molecule has 0 spiro atoms. The van der Waals surface area contributed by atoms with Crippen LogP contribution in [0.25, 0.3) is 0 Å². The van der Waals surface area contributed by atoms with Crippen LogP contribution in [-0.4, -0.2) is 24.4 Å². The zero-order valence-corrected chi connectivity index (χ0v) is 21.9. The van der Waals surface area contributed by atoms with Gasteiger partial charge in [0.1, 0.15) is 0 Å². The van der Waals surface area contributed by atoms with Gasteiger partial charge in [0.25, 0.3) is 0 Å². The Hall–Kier alpha value is -0.340. The molecule has 8 atom stereocenters. The average molecular weight is 445 g/mol. The van der Waals surface area contributed by atoms with Crippen molar-refractivity contribution in [2.75, 3.05) is 13.2 Å². The van der Waals surface area contributed by atoms with Gasteiger partial charge in [-0.3, -0.25) is 0 Å². The third-order valence-corrected chi connectivity index (χ3v) is 10.9. The molecule has 4 rings (SSSR count). The van der Waals surface area contributed by atoms with Gasteiger partial charge in [-0.2, -0.15) is 0 Å². The van der Waals surface area contributed by atoms with Crippen molar-refractivity contribution in [3.8, 4) is 0 Å². The number of hydrogen-bond acceptors (Lipinski definition) is 2. The van der Waals surface area contributed by atoms with Crippen LogP contribution in [0.5, 0.6) is 0 Å². The summed E-state index contributed by atoms with van der Waals surface area (Å²) < 4.78 is 6.13. The average Bonchev–Trinajstić information content (AvgIpc) is 3.11. The van der Waals surface area contributed by atoms with E-state index in [0.29, 0.717) is 23.5 Å². The minimum atomic E-state index is 0.244. The van der Waals surface area contributed by atoms with Crippen LogP contribution in [-0.2, 0) is 4.74 Å². The Morgan fingerprint density at radius 3 is 2.56 bits per heavy atom. The van der Waals surface area contributed by atoms with Gasteiger partial charge in [-0.05, 0) is 104 Å². The lowest BCUT2D eigenvalue weighted by atomic mass is 9.47. The van der Waals surface area contributed by atoms with Crippen LogP contribution in [0.3, 0.4) is 0 Å². The van der Waals surface area contributed by atoms with Crippen molar-refractivity contribution in [3.63, 3.8) is 0 Å². The SMILES string of the molecule is CC(C)CCC[C@@H](C)C1CCC2C3CC=C4C[C@@H](OCCCO)CC[C@]4(C)C3CC[C@@]21C. The Morgan fingerprint density at radius 1 is 1.00 bits per heavy atom. The zero-order chi connectivity index (χ0) is 22.9. The van der Waals surface area contributed by atoms with Gasteiger partial charge < -0.3 is 9.84 Å². The minimum absolute atomic E-state index is 0.244. The summed E-state index contributed by atoms with van der Waals surface area (Å²) >= 11 is 0. The van der Waals surface area contributed by atoms with Crippen molar-refractivity contribution >= 4 is 0 Å². The lowest BCUT2D eigenvalue weighted by molar-refractivity contribution is -0.0645. The van der Waals surface area contributed by atoms with Gasteiger partial charge in [-0.1, -0.05) is 65.5 Å². The first-order valence-corrected chi connectivity index (χ1v) is 14.2. The molecule has 32 heavy (non-hydrogen) atoms. The molecule has 0 aromatic heterocycles. The first kappa shape index (κ1) is 24.8. The van der Waals surface area contributed by atoms with Crippen molar-refractivity contribution in [1.82, 2.24) is 0 Å². The molecule has 0 saturated heterocycles. The van der Waals surface area contributed by atoms with E-state index < -0.39 is 0 Å². The van der Waals surface area contributed by atoms with E-state index in [1.54, 1.807) is 5.57 Å². The molecule has 4 aliphatic carbocycles. The number of ether oxygens (including phenoxy) is 1. The van der Waals surface area contributed by atoms with Gasteiger partial charge in [0.2, 0.25) is 0 Å². The molecule has 184 valence electrons. The van der Waals surface area contributed by atoms with Crippen LogP contribution in [0, 0.1) is 46.3 Å². The molecular formula is C30H52O2. The van der Waals surface area contributed by atoms with Crippen LogP contribution in [0.1, 0.15) is 112 Å². The summed E-state index contributed by atoms with van der Waals surface area (Å²) in [5.74, 6) is 5.47. The second-order valence-electron chi connectivity index (χ2n) is 13.1. The first-order valence-electron chi connectivity index (χ1n) is 14.2. The first-order chi connectivity index (χ1) is 15.3. The van der Waals surface area contributed by atoms with Crippen LogP contribution in [0.15, 0.2) is 11.6 Å². The second-order valence-corrected chi connectivity index (χ2v) is 13.1. The summed E-state index contributed by atoms with van der Waals surface area (Å²) in [7, 11) is 0. The number of fused-ring (bicyclic) bond motifs is 5. The van der Waals surface area contributed by atoms with Crippen molar-refractivity contribution in [2.24, 2.45) is 46.3 Å². The van der Waals surface area contributed by atoms with E-state index in [9.17, 15) is 0 Å². The molecule has 4 unspecified atom stereocenters. The lowest BCUT2D eigenvalue weighted by Crippen LogP contribution is -2.51. The largest absolute Gasteiger partial charge is 0.396 e. The summed E-state index contributed by atoms with van der Waals surface area (Å²) in [6, 6.07) is 0. The van der Waals surface area contributed by atoms with E-state index in [2.05, 4.69) is 40.7 Å². The summed E-state index contributed by atoms with van der Waals surface area (Å²) in [5.41, 5.74) is 2.73. The molecular weight excluding hydrogens is 392 g/mol. The minimum Gasteiger partial charge on any atom is -0.396 e. The molecule has 0 aromatic carbocycles. The molecule has 0 aliphatic heterocycles. The van der Waals surface area contributed by atoms with E-state index in [1.807, 2.05) is 0 Å². The van der Waals surface area contributed by atoms with Gasteiger partial charge in [-0.25, -0.2) is 0 Å². The Balaban J connectivity index is 1.42. The molecule has 1 N–H and O–H groups in total. The summed E-state index contributed by atoms with van der Waals surface area (Å²) in [6.07, 6.45) is 19.0. The lowest BCUT2D eigenvalue weighted by Gasteiger charge is -2.58. The Bertz CT molecular complexity index is 653. The van der Waals surface area contributed by atoms with Crippen LogP contribution >= 0.6 is 0 Å². The molecule has 4 aliphatic rings. The van der Waals surface area contributed by atoms with Gasteiger partial charge in [0.15, 0.2) is 0 Å². The topological polar surface area (TPSA) is 29.5 Å². The monoisotopic (exact) mass is 444 g/mol. The molecule has 0 radical (unpaired) electrons. The van der Waals surface area contributed by atoms with Crippen LogP contribution < -0.4 is 0 Å². The number of aliphatic hydroxyl groups is 1. The Kier molecular flexibility index (Phi) is 7.82. The van der Waals surface area contributed by atoms with Gasteiger partial charge in [-0.15, -0.1) is 0 Å². The van der Waals surface area contributed by atoms with Crippen molar-refractivity contribution in [1.29, 1.82) is 0 Å². The highest BCUT2D eigenvalue weighted by molar-refractivity contribution is 5.25. The van der Waals surface area contributed by atoms with E-state index in [4.69, 9.17) is 9.84 Å². The predicted molar refractivity (Wildman–Crippen MR) is 134 cm³/mol. The van der Waals surface area contributed by atoms with Crippen molar-refractivity contribution < 1.29 is 9.84 Å². The smallest absolute Gasteiger partial charge is 0.0612 e. The molecule has 3 saturated carbocycles. The molecule has 0 aromatic rings. The Morgan fingerprint density at radius 2 is 1.81 bits per heavy atom. The number of hydrogen-bond donors (Lipinski definition) is 1. The highest BCUT2D eigenvalue weighted by Gasteiger charge is 2.59. The predicted octanol–water partition coefficient (Wildman–Crippen LogP) is 7.80. The summed E-state index contributed by atoms with van der Waals surface area (Å²) in [6.45, 7) is 13.6. The fourth-order valence-corrected chi connectivity index (χ4v) is 9.11. The number of aliphatic hydroxyl groups excluding tert-OH is 1. The standard InChI is InChI=1S/C30H52O2/c1-21(2)8-6-9-22(3)26-12-13-27-25-11-10-23-20-24(32-19-7-18-31)14-16-29(23,4)28(25)15-17-30(26,27)5/h10,21-22,24-28,31H,6-9,11-20H2,1-5H3/t22-,24+,25?,26?,27?,28?,29+,30-/m1/s1. The van der Waals surface area contributed by atoms with Crippen molar-refractivity contribution in [3.05, 3.63) is 11.6 Å². The van der Waals surface area contributed by atoms with Crippen molar-refractivity contribution in [2.45, 2.75) is 118 Å². The second kappa shape index (κ2) is 10.1. The fraction of sp³-hybridized carbons (Fsp3) is 0.933. The Labute approximate surface area is 199 Å². The fourth-order valence-electron chi connectivity index (χ4n) is 9.11. The van der Waals surface area contributed by atoms with Gasteiger partial charge in [0, 0.05) is 13.2 Å². The molecule has 3 fully saturated rings. The highest BCUT2D eigenvalue weighted by Crippen LogP contribution is 2.67. The zero-order valence-electron chi connectivity index (χ0n) is 21.9. The van der Waals surface area contributed by atoms with E-state index in [0.717, 1.165) is 48.3 Å². The molecule has 0 amide bonds. The maximum atomic E-state index is 9.07. The molecule has 2 nitrogen and oxygen atoms in total. The van der Waals surface area contributed by atoms with Crippen LogP contribution in [0.2, 0.25) is 0 Å². The third-order valence-electron chi connectivity index (χ3n) is 10.9. The molecule has 0 heterocycles. The summed E-state index contributed by atoms with van der Waals surface area (Å²) in [5, 5.41) is 9.07. The van der Waals surface area contributed by atoms with Gasteiger partial charge in [0.05, 0.1) is 6.10 Å². The van der Waals surface area contributed by atoms with Gasteiger partial charge >= 0.3 is 0 Å². The molecule has 2 heteroatoms. The van der Waals surface area contributed by atoms with Crippen LogP contribution in [0.4, 0.5) is 0 Å². The number of rotatable bonds is 9. The number of allylic oxidation sites excluding steroid dienone is 1. The maximum absolute atomic E-state index is 9.07. The highest BCUT2D eigenvalue weighted by atomic mass is 16.5. The van der Waals surface area contributed by atoms with E-state index in [-0.39, 0.29) is 6.61 Å². The third kappa shape index (κ3) is 4.61. The normalized spacial score (nSPS) is 42.2. The summed E-state index contributed by atoms with van der Waals surface area (Å²) in [4.78, 5) is 0.